The molecule has 2 aromatic rings. The number of hydrogen-bond acceptors (Lipinski definition) is 5. The fraction of sp³-hybridized carbons (Fsp3) is 0.200. The number of nitrogens with zero attached hydrogens (tertiary/aromatic N) is 2. The smallest absolute Gasteiger partial charge is 0.277 e. The predicted octanol–water partition coefficient (Wildman–Crippen LogP) is 2.79. The first-order valence-electron chi connectivity index (χ1n) is 5.08. The molecule has 9 heteroatoms. The molecule has 0 aliphatic heterocycles. The van der Waals surface area contributed by atoms with Gasteiger partial charge in [0, 0.05) is 17.0 Å². The van der Waals surface area contributed by atoms with Gasteiger partial charge in [0.2, 0.25) is 5.89 Å². The van der Waals surface area contributed by atoms with E-state index in [9.17, 15) is 8.42 Å². The van der Waals surface area contributed by atoms with Crippen LogP contribution in [0.2, 0.25) is 10.0 Å². The highest BCUT2D eigenvalue weighted by Crippen LogP contribution is 2.28. The summed E-state index contributed by atoms with van der Waals surface area (Å²) in [6.45, 7) is 3.24. The summed E-state index contributed by atoms with van der Waals surface area (Å²) < 4.78 is 31.0. The summed E-state index contributed by atoms with van der Waals surface area (Å²) in [7, 11) is -3.87. The molecule has 0 fully saturated rings. The van der Waals surface area contributed by atoms with Crippen LogP contribution in [0.3, 0.4) is 0 Å². The van der Waals surface area contributed by atoms with Gasteiger partial charge in [-0.15, -0.1) is 0 Å². The van der Waals surface area contributed by atoms with Crippen LogP contribution in [0.15, 0.2) is 21.6 Å². The van der Waals surface area contributed by atoms with Crippen molar-refractivity contribution in [1.29, 1.82) is 0 Å². The molecule has 0 spiro atoms. The second kappa shape index (κ2) is 4.99. The van der Waals surface area contributed by atoms with Gasteiger partial charge in [-0.1, -0.05) is 23.2 Å². The minimum atomic E-state index is -3.87. The third-order valence-electron chi connectivity index (χ3n) is 2.32. The van der Waals surface area contributed by atoms with Crippen LogP contribution in [0.25, 0.3) is 0 Å². The zero-order valence-electron chi connectivity index (χ0n) is 9.94. The van der Waals surface area contributed by atoms with Crippen LogP contribution < -0.4 is 4.72 Å². The Balaban J connectivity index is 2.40. The summed E-state index contributed by atoms with van der Waals surface area (Å²) in [4.78, 5) is 3.68. The molecule has 0 amide bonds. The number of rotatable bonds is 3. The average molecular weight is 322 g/mol. The molecule has 19 heavy (non-hydrogen) atoms. The standard InChI is InChI=1S/C10H9Cl2N3O3S/c1-5-8(11)3-7(4-9(5)12)19(16,17)15-10-13-6(2)18-14-10/h3-4H,1-2H3,(H,14,15). The lowest BCUT2D eigenvalue weighted by molar-refractivity contribution is 0.395. The van der Waals surface area contributed by atoms with Gasteiger partial charge in [-0.05, 0) is 29.8 Å². The Labute approximate surface area is 119 Å². The maximum absolute atomic E-state index is 12.1. The molecule has 1 N–H and O–H groups in total. The Morgan fingerprint density at radius 1 is 1.21 bits per heavy atom. The first-order chi connectivity index (χ1) is 8.79. The zero-order valence-corrected chi connectivity index (χ0v) is 12.3. The summed E-state index contributed by atoms with van der Waals surface area (Å²) in [6.07, 6.45) is 0. The van der Waals surface area contributed by atoms with Gasteiger partial charge in [-0.2, -0.15) is 4.98 Å². The van der Waals surface area contributed by atoms with Crippen molar-refractivity contribution >= 4 is 39.2 Å². The van der Waals surface area contributed by atoms with Gasteiger partial charge in [0.05, 0.1) is 4.90 Å². The monoisotopic (exact) mass is 321 g/mol. The molecule has 0 bridgehead atoms. The zero-order chi connectivity index (χ0) is 14.2. The molecule has 1 aromatic heterocycles. The molecule has 6 nitrogen and oxygen atoms in total. The van der Waals surface area contributed by atoms with Crippen LogP contribution in [0.5, 0.6) is 0 Å². The van der Waals surface area contributed by atoms with Crippen LogP contribution in [-0.4, -0.2) is 18.6 Å². The van der Waals surface area contributed by atoms with Crippen molar-refractivity contribution in [2.24, 2.45) is 0 Å². The molecule has 102 valence electrons. The van der Waals surface area contributed by atoms with Gasteiger partial charge in [0.1, 0.15) is 0 Å². The third kappa shape index (κ3) is 2.99. The fourth-order valence-electron chi connectivity index (χ4n) is 1.30. The van der Waals surface area contributed by atoms with Crippen molar-refractivity contribution in [3.63, 3.8) is 0 Å². The molecule has 0 atom stereocenters. The number of hydrogen-bond donors (Lipinski definition) is 1. The van der Waals surface area contributed by atoms with Crippen molar-refractivity contribution in [3.05, 3.63) is 33.6 Å². The molecule has 1 heterocycles. The van der Waals surface area contributed by atoms with Crippen molar-refractivity contribution in [3.8, 4) is 0 Å². The minimum Gasteiger partial charge on any atom is -0.338 e. The minimum absolute atomic E-state index is 0.0736. The Bertz CT molecular complexity index is 704. The van der Waals surface area contributed by atoms with Gasteiger partial charge in [-0.25, -0.2) is 13.1 Å². The quantitative estimate of drug-likeness (QED) is 0.939. The highest BCUT2D eigenvalue weighted by molar-refractivity contribution is 7.92. The topological polar surface area (TPSA) is 85.1 Å². The second-order valence-corrected chi connectivity index (χ2v) is 6.25. The predicted molar refractivity (Wildman–Crippen MR) is 71.0 cm³/mol. The van der Waals surface area contributed by atoms with E-state index in [1.807, 2.05) is 0 Å². The average Bonchev–Trinajstić information content (AvgIpc) is 2.70. The van der Waals surface area contributed by atoms with E-state index in [4.69, 9.17) is 23.2 Å². The van der Waals surface area contributed by atoms with Gasteiger partial charge >= 0.3 is 0 Å². The lowest BCUT2D eigenvalue weighted by Crippen LogP contribution is -2.14. The van der Waals surface area contributed by atoms with Crippen LogP contribution in [-0.2, 0) is 10.0 Å². The number of aromatic nitrogens is 2. The van der Waals surface area contributed by atoms with Crippen LogP contribution in [0.4, 0.5) is 5.95 Å². The van der Waals surface area contributed by atoms with Crippen molar-refractivity contribution < 1.29 is 12.9 Å². The molecule has 2 rings (SSSR count). The first kappa shape index (κ1) is 14.1. The van der Waals surface area contributed by atoms with E-state index in [0.717, 1.165) is 0 Å². The second-order valence-electron chi connectivity index (χ2n) is 3.75. The summed E-state index contributed by atoms with van der Waals surface area (Å²) in [5, 5.41) is 3.97. The molecule has 0 saturated heterocycles. The SMILES string of the molecule is Cc1nc(NS(=O)(=O)c2cc(Cl)c(C)c(Cl)c2)no1. The van der Waals surface area contributed by atoms with Gasteiger partial charge in [-0.3, -0.25) is 0 Å². The molecule has 0 aliphatic rings. The maximum atomic E-state index is 12.1. The molecular formula is C10H9Cl2N3O3S. The molecular weight excluding hydrogens is 313 g/mol. The largest absolute Gasteiger partial charge is 0.338 e. The molecule has 1 aromatic carbocycles. The van der Waals surface area contributed by atoms with Crippen LogP contribution in [0, 0.1) is 13.8 Å². The van der Waals surface area contributed by atoms with Crippen molar-refractivity contribution in [1.82, 2.24) is 10.1 Å². The van der Waals surface area contributed by atoms with Gasteiger partial charge in [0.15, 0.2) is 0 Å². The Hall–Kier alpha value is -1.31. The fourth-order valence-corrected chi connectivity index (χ4v) is 2.90. The van der Waals surface area contributed by atoms with Crippen LogP contribution >= 0.6 is 23.2 Å². The molecule has 0 radical (unpaired) electrons. The Morgan fingerprint density at radius 2 is 1.79 bits per heavy atom. The van der Waals surface area contributed by atoms with E-state index in [1.54, 1.807) is 13.8 Å². The van der Waals surface area contributed by atoms with Crippen molar-refractivity contribution in [2.45, 2.75) is 18.7 Å². The normalized spacial score (nSPS) is 11.6. The first-order valence-corrected chi connectivity index (χ1v) is 7.32. The molecule has 0 saturated carbocycles. The Morgan fingerprint density at radius 3 is 2.26 bits per heavy atom. The highest BCUT2D eigenvalue weighted by Gasteiger charge is 2.19. The number of sulfonamides is 1. The van der Waals surface area contributed by atoms with E-state index in [-0.39, 0.29) is 26.8 Å². The lowest BCUT2D eigenvalue weighted by Gasteiger charge is -2.07. The number of nitrogens with one attached hydrogen (secondary N) is 1. The van der Waals surface area contributed by atoms with E-state index >= 15 is 0 Å². The maximum Gasteiger partial charge on any atom is 0.277 e. The van der Waals surface area contributed by atoms with E-state index in [0.29, 0.717) is 5.56 Å². The highest BCUT2D eigenvalue weighted by atomic mass is 35.5. The molecule has 0 unspecified atom stereocenters. The number of aryl methyl sites for hydroxylation is 1. The Kier molecular flexibility index (Phi) is 3.71. The van der Waals surface area contributed by atoms with Gasteiger partial charge in [0.25, 0.3) is 16.0 Å². The van der Waals surface area contributed by atoms with Gasteiger partial charge < -0.3 is 4.52 Å². The molecule has 0 aliphatic carbocycles. The summed E-state index contributed by atoms with van der Waals surface area (Å²) >= 11 is 11.8. The van der Waals surface area contributed by atoms with E-state index < -0.39 is 10.0 Å². The summed E-state index contributed by atoms with van der Waals surface area (Å²) in [6, 6.07) is 2.61. The van der Waals surface area contributed by atoms with E-state index in [1.165, 1.54) is 12.1 Å². The summed E-state index contributed by atoms with van der Waals surface area (Å²) in [5.74, 6) is 0.1000. The van der Waals surface area contributed by atoms with Crippen molar-refractivity contribution in [2.75, 3.05) is 4.72 Å². The third-order valence-corrected chi connectivity index (χ3v) is 4.41. The lowest BCUT2D eigenvalue weighted by atomic mass is 10.2. The van der Waals surface area contributed by atoms with Crippen LogP contribution in [0.1, 0.15) is 11.5 Å². The number of benzene rings is 1. The summed E-state index contributed by atoms with van der Waals surface area (Å²) in [5.41, 5.74) is 0.609. The number of anilines is 1. The number of halogens is 2. The van der Waals surface area contributed by atoms with E-state index in [2.05, 4.69) is 19.4 Å².